The first-order valence-corrected chi connectivity index (χ1v) is 7.70. The molecule has 0 bridgehead atoms. The van der Waals surface area contributed by atoms with Gasteiger partial charge in [-0.15, -0.1) is 0 Å². The van der Waals surface area contributed by atoms with Gasteiger partial charge in [-0.25, -0.2) is 0 Å². The molecule has 0 aliphatic heterocycles. The summed E-state index contributed by atoms with van der Waals surface area (Å²) in [6.45, 7) is 10.1. The largest absolute Gasteiger partial charge is 0.389 e. The van der Waals surface area contributed by atoms with Crippen molar-refractivity contribution in [1.82, 2.24) is 4.90 Å². The molecule has 5 heteroatoms. The highest BCUT2D eigenvalue weighted by atomic mass is 32.1. The van der Waals surface area contributed by atoms with Gasteiger partial charge in [-0.05, 0) is 43.7 Å². The van der Waals surface area contributed by atoms with Gasteiger partial charge in [-0.2, -0.15) is 0 Å². The van der Waals surface area contributed by atoms with Gasteiger partial charge in [0.05, 0.1) is 6.04 Å². The Morgan fingerprint density at radius 1 is 1.29 bits per heavy atom. The number of nitrogens with two attached hydrogens (primary N) is 1. The Morgan fingerprint density at radius 2 is 1.86 bits per heavy atom. The Kier molecular flexibility index (Phi) is 6.78. The molecule has 0 heterocycles. The summed E-state index contributed by atoms with van der Waals surface area (Å²) in [5.74, 6) is 0.533. The molecule has 1 rings (SSSR count). The average Bonchev–Trinajstić information content (AvgIpc) is 2.44. The van der Waals surface area contributed by atoms with Crippen molar-refractivity contribution >= 4 is 28.8 Å². The fourth-order valence-corrected chi connectivity index (χ4v) is 2.30. The zero-order valence-corrected chi connectivity index (χ0v) is 14.0. The van der Waals surface area contributed by atoms with Gasteiger partial charge in [-0.1, -0.05) is 33.0 Å². The van der Waals surface area contributed by atoms with Gasteiger partial charge in [0.1, 0.15) is 4.99 Å². The SMILES string of the molecule is CCN(CC(C)C)C(C)C(=O)Nc1ccc(C(N)=S)cc1. The number of thiocarbonyl (C=S) groups is 1. The first-order chi connectivity index (χ1) is 9.85. The van der Waals surface area contributed by atoms with Crippen molar-refractivity contribution in [3.05, 3.63) is 29.8 Å². The van der Waals surface area contributed by atoms with Crippen LogP contribution >= 0.6 is 12.2 Å². The lowest BCUT2D eigenvalue weighted by molar-refractivity contribution is -0.120. The third-order valence-corrected chi connectivity index (χ3v) is 3.61. The van der Waals surface area contributed by atoms with Crippen LogP contribution in [0.3, 0.4) is 0 Å². The second kappa shape index (κ2) is 8.10. The Hall–Kier alpha value is -1.46. The standard InChI is InChI=1S/C16H25N3OS/c1-5-19(10-11(2)3)12(4)16(20)18-14-8-6-13(7-9-14)15(17)21/h6-9,11-12H,5,10H2,1-4H3,(H2,17,21)(H,18,20). The van der Waals surface area contributed by atoms with Crippen molar-refractivity contribution < 1.29 is 4.79 Å². The number of nitrogens with zero attached hydrogens (tertiary/aromatic N) is 1. The summed E-state index contributed by atoms with van der Waals surface area (Å²) in [6.07, 6.45) is 0. The van der Waals surface area contributed by atoms with Crippen molar-refractivity contribution in [1.29, 1.82) is 0 Å². The molecular weight excluding hydrogens is 282 g/mol. The molecule has 0 aliphatic rings. The second-order valence-electron chi connectivity index (χ2n) is 5.59. The first-order valence-electron chi connectivity index (χ1n) is 7.30. The molecule has 1 aromatic carbocycles. The normalized spacial score (nSPS) is 12.5. The predicted octanol–water partition coefficient (Wildman–Crippen LogP) is 2.63. The molecule has 0 spiro atoms. The predicted molar refractivity (Wildman–Crippen MR) is 92.5 cm³/mol. The number of carbonyl (C=O) groups excluding carboxylic acids is 1. The Balaban J connectivity index is 2.68. The summed E-state index contributed by atoms with van der Waals surface area (Å²) >= 11 is 4.91. The second-order valence-corrected chi connectivity index (χ2v) is 6.03. The molecule has 0 saturated carbocycles. The van der Waals surface area contributed by atoms with Crippen LogP contribution in [0.2, 0.25) is 0 Å². The van der Waals surface area contributed by atoms with E-state index >= 15 is 0 Å². The number of rotatable bonds is 7. The minimum Gasteiger partial charge on any atom is -0.389 e. The molecule has 0 saturated heterocycles. The van der Waals surface area contributed by atoms with Crippen LogP contribution in [0.15, 0.2) is 24.3 Å². The average molecular weight is 307 g/mol. The molecule has 0 aliphatic carbocycles. The molecule has 1 aromatic rings. The van der Waals surface area contributed by atoms with Crippen LogP contribution < -0.4 is 11.1 Å². The lowest BCUT2D eigenvalue weighted by atomic mass is 10.1. The number of likely N-dealkylation sites (N-methyl/N-ethyl adjacent to an activating group) is 1. The van der Waals surface area contributed by atoms with Crippen LogP contribution in [0.5, 0.6) is 0 Å². The number of anilines is 1. The minimum atomic E-state index is -0.160. The molecule has 0 fully saturated rings. The lowest BCUT2D eigenvalue weighted by Crippen LogP contribution is -2.43. The number of nitrogens with one attached hydrogen (secondary N) is 1. The molecular formula is C16H25N3OS. The van der Waals surface area contributed by atoms with Crippen LogP contribution in [-0.2, 0) is 4.79 Å². The van der Waals surface area contributed by atoms with E-state index in [0.717, 1.165) is 24.3 Å². The van der Waals surface area contributed by atoms with E-state index in [1.807, 2.05) is 31.2 Å². The van der Waals surface area contributed by atoms with Crippen molar-refractivity contribution in [3.63, 3.8) is 0 Å². The number of amides is 1. The van der Waals surface area contributed by atoms with E-state index < -0.39 is 0 Å². The third-order valence-electron chi connectivity index (χ3n) is 3.37. The van der Waals surface area contributed by atoms with Gasteiger partial charge >= 0.3 is 0 Å². The van der Waals surface area contributed by atoms with E-state index in [1.54, 1.807) is 0 Å². The van der Waals surface area contributed by atoms with Gasteiger partial charge < -0.3 is 11.1 Å². The van der Waals surface area contributed by atoms with E-state index in [-0.39, 0.29) is 11.9 Å². The third kappa shape index (κ3) is 5.44. The maximum atomic E-state index is 12.3. The van der Waals surface area contributed by atoms with Crippen LogP contribution in [0.4, 0.5) is 5.69 Å². The summed E-state index contributed by atoms with van der Waals surface area (Å²) < 4.78 is 0. The van der Waals surface area contributed by atoms with Crippen molar-refractivity contribution in [2.24, 2.45) is 11.7 Å². The van der Waals surface area contributed by atoms with E-state index in [0.29, 0.717) is 10.9 Å². The molecule has 1 unspecified atom stereocenters. The molecule has 4 nitrogen and oxygen atoms in total. The van der Waals surface area contributed by atoms with Crippen molar-refractivity contribution in [2.45, 2.75) is 33.7 Å². The topological polar surface area (TPSA) is 58.4 Å². The van der Waals surface area contributed by atoms with Gasteiger partial charge in [0.15, 0.2) is 0 Å². The molecule has 21 heavy (non-hydrogen) atoms. The molecule has 1 amide bonds. The van der Waals surface area contributed by atoms with E-state index in [1.165, 1.54) is 0 Å². The fraction of sp³-hybridized carbons (Fsp3) is 0.500. The highest BCUT2D eigenvalue weighted by molar-refractivity contribution is 7.80. The van der Waals surface area contributed by atoms with Crippen LogP contribution in [0.25, 0.3) is 0 Å². The highest BCUT2D eigenvalue weighted by Gasteiger charge is 2.20. The van der Waals surface area contributed by atoms with Crippen LogP contribution in [-0.4, -0.2) is 34.9 Å². The van der Waals surface area contributed by atoms with Gasteiger partial charge in [0.2, 0.25) is 5.91 Å². The highest BCUT2D eigenvalue weighted by Crippen LogP contribution is 2.12. The van der Waals surface area contributed by atoms with Gasteiger partial charge in [0.25, 0.3) is 0 Å². The van der Waals surface area contributed by atoms with Gasteiger partial charge in [-0.3, -0.25) is 9.69 Å². The Bertz CT molecular complexity index is 485. The van der Waals surface area contributed by atoms with Gasteiger partial charge in [0, 0.05) is 17.8 Å². The van der Waals surface area contributed by atoms with Crippen LogP contribution in [0, 0.1) is 5.92 Å². The zero-order chi connectivity index (χ0) is 16.0. The summed E-state index contributed by atoms with van der Waals surface area (Å²) in [6, 6.07) is 7.10. The zero-order valence-electron chi connectivity index (χ0n) is 13.2. The smallest absolute Gasteiger partial charge is 0.241 e. The summed E-state index contributed by atoms with van der Waals surface area (Å²) in [5, 5.41) is 2.93. The number of carbonyl (C=O) groups is 1. The summed E-state index contributed by atoms with van der Waals surface area (Å²) in [5.41, 5.74) is 7.11. The maximum absolute atomic E-state index is 12.3. The molecule has 3 N–H and O–H groups in total. The summed E-state index contributed by atoms with van der Waals surface area (Å²) in [7, 11) is 0. The lowest BCUT2D eigenvalue weighted by Gasteiger charge is -2.28. The fourth-order valence-electron chi connectivity index (χ4n) is 2.16. The number of hydrogen-bond donors (Lipinski definition) is 2. The molecule has 0 aromatic heterocycles. The summed E-state index contributed by atoms with van der Waals surface area (Å²) in [4.78, 5) is 14.8. The van der Waals surface area contributed by atoms with Crippen molar-refractivity contribution in [2.75, 3.05) is 18.4 Å². The minimum absolute atomic E-state index is 0.000532. The van der Waals surface area contributed by atoms with E-state index in [4.69, 9.17) is 18.0 Å². The van der Waals surface area contributed by atoms with Crippen LogP contribution in [0.1, 0.15) is 33.3 Å². The number of hydrogen-bond acceptors (Lipinski definition) is 3. The monoisotopic (exact) mass is 307 g/mol. The molecule has 1 atom stereocenters. The Morgan fingerprint density at radius 3 is 2.29 bits per heavy atom. The maximum Gasteiger partial charge on any atom is 0.241 e. The molecule has 0 radical (unpaired) electrons. The van der Waals surface area contributed by atoms with E-state index in [9.17, 15) is 4.79 Å². The number of benzene rings is 1. The quantitative estimate of drug-likeness (QED) is 0.760. The van der Waals surface area contributed by atoms with Crippen molar-refractivity contribution in [3.8, 4) is 0 Å². The first kappa shape index (κ1) is 17.6. The van der Waals surface area contributed by atoms with E-state index in [2.05, 4.69) is 31.0 Å². The Labute approximate surface area is 132 Å². The molecule has 116 valence electrons.